The number of nitrogens with one attached hydrogen (secondary N) is 1. The summed E-state index contributed by atoms with van der Waals surface area (Å²) in [6.07, 6.45) is 3.54. The number of benzene rings is 2. The van der Waals surface area contributed by atoms with Crippen molar-refractivity contribution in [3.8, 4) is 16.9 Å². The van der Waals surface area contributed by atoms with Gasteiger partial charge in [0.2, 0.25) is 0 Å². The molecule has 5 heteroatoms. The molecule has 26 heavy (non-hydrogen) atoms. The van der Waals surface area contributed by atoms with E-state index >= 15 is 0 Å². The van der Waals surface area contributed by atoms with Crippen LogP contribution in [0.5, 0.6) is 5.75 Å². The minimum Gasteiger partial charge on any atom is -0.871 e. The lowest BCUT2D eigenvalue weighted by Gasteiger charge is -2.26. The first-order valence-corrected chi connectivity index (χ1v) is 9.36. The summed E-state index contributed by atoms with van der Waals surface area (Å²) in [4.78, 5) is 13.5. The maximum atomic E-state index is 12.7. The highest BCUT2D eigenvalue weighted by Crippen LogP contribution is 2.36. The van der Waals surface area contributed by atoms with Crippen molar-refractivity contribution in [2.24, 2.45) is 0 Å². The molecule has 0 radical (unpaired) electrons. The van der Waals surface area contributed by atoms with Crippen molar-refractivity contribution in [1.82, 2.24) is 0 Å². The van der Waals surface area contributed by atoms with Gasteiger partial charge in [-0.2, -0.15) is 0 Å². The predicted molar refractivity (Wildman–Crippen MR) is 101 cm³/mol. The number of halogens is 1. The van der Waals surface area contributed by atoms with E-state index in [1.165, 1.54) is 17.4 Å². The summed E-state index contributed by atoms with van der Waals surface area (Å²) < 4.78 is 5.50. The second kappa shape index (κ2) is 7.14. The summed E-state index contributed by atoms with van der Waals surface area (Å²) in [7, 11) is 0. The highest BCUT2D eigenvalue weighted by atomic mass is 35.5. The highest BCUT2D eigenvalue weighted by Gasteiger charge is 2.20. The fraction of sp³-hybridized carbons (Fsp3) is 0.286. The topological polar surface area (TPSA) is 57.7 Å². The fourth-order valence-electron chi connectivity index (χ4n) is 3.81. The Bertz CT molecular complexity index is 992. The molecule has 2 aromatic carbocycles. The molecule has 1 saturated heterocycles. The Morgan fingerprint density at radius 2 is 1.81 bits per heavy atom. The highest BCUT2D eigenvalue weighted by molar-refractivity contribution is 6.33. The molecule has 0 atom stereocenters. The van der Waals surface area contributed by atoms with E-state index in [0.29, 0.717) is 23.1 Å². The summed E-state index contributed by atoms with van der Waals surface area (Å²) in [5, 5.41) is 13.6. The summed E-state index contributed by atoms with van der Waals surface area (Å²) in [5.41, 5.74) is 2.08. The number of rotatable bonds is 3. The Kier molecular flexibility index (Phi) is 4.70. The second-order valence-corrected chi connectivity index (χ2v) is 7.28. The van der Waals surface area contributed by atoms with Gasteiger partial charge in [-0.3, -0.25) is 0 Å². The average Bonchev–Trinajstić information content (AvgIpc) is 2.67. The maximum Gasteiger partial charge on any atom is 0.336 e. The lowest BCUT2D eigenvalue weighted by molar-refractivity contribution is -0.918. The minimum atomic E-state index is -0.451. The first kappa shape index (κ1) is 17.1. The lowest BCUT2D eigenvalue weighted by atomic mass is 9.99. The zero-order chi connectivity index (χ0) is 18.1. The Morgan fingerprint density at radius 1 is 1.08 bits per heavy atom. The van der Waals surface area contributed by atoms with Gasteiger partial charge in [0, 0.05) is 22.0 Å². The van der Waals surface area contributed by atoms with Crippen molar-refractivity contribution in [3.05, 3.63) is 63.5 Å². The second-order valence-electron chi connectivity index (χ2n) is 6.88. The fourth-order valence-corrected chi connectivity index (χ4v) is 4.03. The van der Waals surface area contributed by atoms with Gasteiger partial charge >= 0.3 is 5.63 Å². The number of likely N-dealkylation sites (tertiary alicyclic amines) is 1. The molecule has 0 spiro atoms. The molecule has 1 fully saturated rings. The third-order valence-electron chi connectivity index (χ3n) is 5.11. The monoisotopic (exact) mass is 369 g/mol. The molecule has 3 aromatic rings. The Hall–Kier alpha value is -2.30. The summed E-state index contributed by atoms with van der Waals surface area (Å²) >= 11 is 6.27. The van der Waals surface area contributed by atoms with Crippen LogP contribution >= 0.6 is 11.6 Å². The molecule has 0 aliphatic carbocycles. The van der Waals surface area contributed by atoms with Gasteiger partial charge in [0.05, 0.1) is 13.1 Å². The van der Waals surface area contributed by atoms with Gasteiger partial charge in [-0.25, -0.2) is 4.79 Å². The lowest BCUT2D eigenvalue weighted by Crippen LogP contribution is -3.11. The zero-order valence-corrected chi connectivity index (χ0v) is 15.1. The number of quaternary nitrogens is 1. The number of piperidine rings is 1. The molecule has 0 bridgehead atoms. The molecule has 4 nitrogen and oxygen atoms in total. The van der Waals surface area contributed by atoms with Crippen molar-refractivity contribution in [2.45, 2.75) is 25.8 Å². The first-order valence-electron chi connectivity index (χ1n) is 8.99. The van der Waals surface area contributed by atoms with Crippen LogP contribution in [-0.2, 0) is 6.54 Å². The van der Waals surface area contributed by atoms with Crippen molar-refractivity contribution >= 4 is 22.6 Å². The van der Waals surface area contributed by atoms with Crippen molar-refractivity contribution in [1.29, 1.82) is 0 Å². The van der Waals surface area contributed by atoms with E-state index < -0.39 is 5.63 Å². The molecule has 2 heterocycles. The van der Waals surface area contributed by atoms with Crippen LogP contribution in [0.4, 0.5) is 0 Å². The third-order valence-corrected chi connectivity index (χ3v) is 5.39. The Labute approximate surface area is 156 Å². The van der Waals surface area contributed by atoms with E-state index in [0.717, 1.165) is 37.1 Å². The summed E-state index contributed by atoms with van der Waals surface area (Å²) in [6, 6.07) is 12.7. The number of hydrogen-bond donors (Lipinski definition) is 1. The SMILES string of the molecule is O=c1cc(-c2ccccc2)c2cc(Cl)c([O-])c(C[NH+]3CCCCC3)c2o1. The summed E-state index contributed by atoms with van der Waals surface area (Å²) in [5.74, 6) is -0.231. The third kappa shape index (κ3) is 3.22. The van der Waals surface area contributed by atoms with Crippen LogP contribution in [0.3, 0.4) is 0 Å². The standard InChI is InChI=1S/C21H20ClNO3/c22-18-11-16-15(14-7-3-1-4-8-14)12-19(24)26-21(16)17(20(18)25)13-23-9-5-2-6-10-23/h1,3-4,7-8,11-12,25H,2,5-6,9-10,13H2. The molecular weight excluding hydrogens is 350 g/mol. The summed E-state index contributed by atoms with van der Waals surface area (Å²) in [6.45, 7) is 2.59. The van der Waals surface area contributed by atoms with Crippen LogP contribution in [0.25, 0.3) is 22.1 Å². The van der Waals surface area contributed by atoms with Crippen LogP contribution in [0, 0.1) is 0 Å². The molecule has 0 amide bonds. The van der Waals surface area contributed by atoms with Crippen LogP contribution in [0.1, 0.15) is 24.8 Å². The van der Waals surface area contributed by atoms with Gasteiger partial charge < -0.3 is 14.4 Å². The van der Waals surface area contributed by atoms with E-state index in [-0.39, 0.29) is 10.8 Å². The molecule has 4 rings (SSSR count). The molecule has 0 unspecified atom stereocenters. The van der Waals surface area contributed by atoms with Crippen LogP contribution in [0.2, 0.25) is 5.02 Å². The first-order chi connectivity index (χ1) is 12.6. The molecule has 1 aromatic heterocycles. The molecule has 0 saturated carbocycles. The molecule has 1 aliphatic rings. The van der Waals surface area contributed by atoms with Crippen molar-refractivity contribution in [2.75, 3.05) is 13.1 Å². The van der Waals surface area contributed by atoms with E-state index in [1.807, 2.05) is 30.3 Å². The predicted octanol–water partition coefficient (Wildman–Crippen LogP) is 2.76. The van der Waals surface area contributed by atoms with Crippen LogP contribution in [0.15, 0.2) is 51.7 Å². The molecule has 1 N–H and O–H groups in total. The quantitative estimate of drug-likeness (QED) is 0.722. The molecule has 134 valence electrons. The van der Waals surface area contributed by atoms with E-state index in [1.54, 1.807) is 6.07 Å². The smallest absolute Gasteiger partial charge is 0.336 e. The van der Waals surface area contributed by atoms with Gasteiger partial charge in [0.15, 0.2) is 0 Å². The van der Waals surface area contributed by atoms with E-state index in [2.05, 4.69) is 0 Å². The Morgan fingerprint density at radius 3 is 2.54 bits per heavy atom. The van der Waals surface area contributed by atoms with Gasteiger partial charge in [0.1, 0.15) is 12.1 Å². The minimum absolute atomic E-state index is 0.176. The van der Waals surface area contributed by atoms with E-state index in [4.69, 9.17) is 16.0 Å². The van der Waals surface area contributed by atoms with Gasteiger partial charge in [-0.05, 0) is 36.5 Å². The number of fused-ring (bicyclic) bond motifs is 1. The van der Waals surface area contributed by atoms with Crippen LogP contribution < -0.4 is 15.6 Å². The van der Waals surface area contributed by atoms with Crippen LogP contribution in [-0.4, -0.2) is 13.1 Å². The number of hydrogen-bond acceptors (Lipinski definition) is 3. The van der Waals surface area contributed by atoms with Crippen molar-refractivity contribution in [3.63, 3.8) is 0 Å². The van der Waals surface area contributed by atoms with E-state index in [9.17, 15) is 9.90 Å². The largest absolute Gasteiger partial charge is 0.871 e. The maximum absolute atomic E-state index is 12.7. The average molecular weight is 370 g/mol. The van der Waals surface area contributed by atoms with Gasteiger partial charge in [-0.15, -0.1) is 0 Å². The zero-order valence-electron chi connectivity index (χ0n) is 14.4. The normalized spacial score (nSPS) is 15.4. The van der Waals surface area contributed by atoms with Gasteiger partial charge in [-0.1, -0.05) is 47.7 Å². The molecule has 1 aliphatic heterocycles. The van der Waals surface area contributed by atoms with Gasteiger partial charge in [0.25, 0.3) is 0 Å². The molecular formula is C21H20ClNO3. The Balaban J connectivity index is 1.92. The van der Waals surface area contributed by atoms with Crippen molar-refractivity contribution < 1.29 is 14.4 Å².